The average molecular weight is 356 g/mol. The zero-order valence-corrected chi connectivity index (χ0v) is 14.1. The molecule has 2 heterocycles. The summed E-state index contributed by atoms with van der Waals surface area (Å²) in [5.41, 5.74) is 8.24. The molecule has 0 aliphatic carbocycles. The molecule has 1 aromatic carbocycles. The van der Waals surface area contributed by atoms with E-state index in [1.54, 1.807) is 19.1 Å². The van der Waals surface area contributed by atoms with Crippen molar-refractivity contribution in [1.82, 2.24) is 14.8 Å². The van der Waals surface area contributed by atoms with Crippen LogP contribution in [-0.4, -0.2) is 27.3 Å². The summed E-state index contributed by atoms with van der Waals surface area (Å²) in [5, 5.41) is 14.6. The fourth-order valence-corrected chi connectivity index (χ4v) is 2.70. The molecule has 8 heteroatoms. The van der Waals surface area contributed by atoms with Crippen molar-refractivity contribution >= 4 is 34.2 Å². The number of hydrogen-bond acceptors (Lipinski definition) is 6. The van der Waals surface area contributed by atoms with E-state index in [-0.39, 0.29) is 17.9 Å². The van der Waals surface area contributed by atoms with E-state index in [1.165, 1.54) is 17.1 Å². The number of anilines is 1. The van der Waals surface area contributed by atoms with Crippen LogP contribution in [0.3, 0.4) is 0 Å². The molecule has 126 valence electrons. The molecule has 0 atom stereocenters. The molecule has 3 aromatic rings. The molecule has 0 aliphatic heterocycles. The van der Waals surface area contributed by atoms with Crippen molar-refractivity contribution in [2.75, 3.05) is 12.3 Å². The highest BCUT2D eigenvalue weighted by Gasteiger charge is 2.17. The Balaban J connectivity index is 1.96. The minimum atomic E-state index is -0.570. The first-order chi connectivity index (χ1) is 12.0. The van der Waals surface area contributed by atoms with Crippen LogP contribution in [0.15, 0.2) is 30.6 Å². The van der Waals surface area contributed by atoms with Crippen LogP contribution < -0.4 is 5.73 Å². The Morgan fingerprint density at radius 2 is 2.24 bits per heavy atom. The summed E-state index contributed by atoms with van der Waals surface area (Å²) >= 11 is 5.98. The van der Waals surface area contributed by atoms with Gasteiger partial charge in [-0.2, -0.15) is 10.4 Å². The molecule has 0 aliphatic rings. The van der Waals surface area contributed by atoms with Crippen molar-refractivity contribution in [2.45, 2.75) is 13.5 Å². The number of carbonyl (C=O) groups is 1. The van der Waals surface area contributed by atoms with Crippen molar-refractivity contribution in [1.29, 1.82) is 5.26 Å². The second kappa shape index (κ2) is 6.79. The van der Waals surface area contributed by atoms with Crippen molar-refractivity contribution in [3.05, 3.63) is 52.4 Å². The minimum absolute atomic E-state index is 0.0249. The molecular formula is C17H14ClN5O2. The Morgan fingerprint density at radius 1 is 1.44 bits per heavy atom. The Hall–Kier alpha value is -3.11. The summed E-state index contributed by atoms with van der Waals surface area (Å²) in [4.78, 5) is 16.1. The lowest BCUT2D eigenvalue weighted by Gasteiger charge is -2.07. The quantitative estimate of drug-likeness (QED) is 0.569. The van der Waals surface area contributed by atoms with Gasteiger partial charge in [-0.15, -0.1) is 0 Å². The Kier molecular flexibility index (Phi) is 4.55. The monoisotopic (exact) mass is 355 g/mol. The number of aromatic nitrogens is 3. The topological polar surface area (TPSA) is 107 Å². The number of rotatable bonds is 4. The van der Waals surface area contributed by atoms with Crippen molar-refractivity contribution in [3.8, 4) is 6.07 Å². The number of hydrogen-bond donors (Lipinski definition) is 1. The SMILES string of the molecule is CCOC(=O)c1cn(Cc2cc(N)c3ncc(Cl)cc3c2)nc1C#N. The molecule has 3 rings (SSSR count). The van der Waals surface area contributed by atoms with Crippen LogP contribution in [0.4, 0.5) is 5.69 Å². The third-order valence-electron chi connectivity index (χ3n) is 3.55. The molecule has 0 saturated carbocycles. The van der Waals surface area contributed by atoms with Gasteiger partial charge in [0.2, 0.25) is 0 Å². The number of esters is 1. The molecule has 25 heavy (non-hydrogen) atoms. The number of nitriles is 1. The fourth-order valence-electron chi connectivity index (χ4n) is 2.54. The largest absolute Gasteiger partial charge is 0.462 e. The molecule has 0 amide bonds. The number of nitrogen functional groups attached to an aromatic ring is 1. The van der Waals surface area contributed by atoms with Crippen LogP contribution in [-0.2, 0) is 11.3 Å². The smallest absolute Gasteiger partial charge is 0.342 e. The van der Waals surface area contributed by atoms with Gasteiger partial charge >= 0.3 is 5.97 Å². The number of pyridine rings is 1. The normalized spacial score (nSPS) is 10.6. The Bertz CT molecular complexity index is 1010. The molecule has 7 nitrogen and oxygen atoms in total. The van der Waals surface area contributed by atoms with E-state index < -0.39 is 5.97 Å². The van der Waals surface area contributed by atoms with Gasteiger partial charge in [0.1, 0.15) is 11.6 Å². The van der Waals surface area contributed by atoms with E-state index >= 15 is 0 Å². The molecule has 0 unspecified atom stereocenters. The number of ether oxygens (including phenoxy) is 1. The van der Waals surface area contributed by atoms with E-state index in [4.69, 9.17) is 27.3 Å². The van der Waals surface area contributed by atoms with Gasteiger partial charge in [0.15, 0.2) is 5.69 Å². The number of fused-ring (bicyclic) bond motifs is 1. The molecular weight excluding hydrogens is 342 g/mol. The lowest BCUT2D eigenvalue weighted by Crippen LogP contribution is -2.05. The molecule has 0 bridgehead atoms. The van der Waals surface area contributed by atoms with Crippen LogP contribution in [0.1, 0.15) is 28.5 Å². The van der Waals surface area contributed by atoms with Crippen molar-refractivity contribution < 1.29 is 9.53 Å². The number of benzene rings is 1. The third-order valence-corrected chi connectivity index (χ3v) is 3.75. The second-order valence-corrected chi connectivity index (χ2v) is 5.77. The number of nitrogens with zero attached hydrogens (tertiary/aromatic N) is 4. The van der Waals surface area contributed by atoms with Gasteiger partial charge < -0.3 is 10.5 Å². The van der Waals surface area contributed by atoms with E-state index in [2.05, 4.69) is 10.1 Å². The second-order valence-electron chi connectivity index (χ2n) is 5.33. The van der Waals surface area contributed by atoms with E-state index in [0.717, 1.165) is 10.9 Å². The lowest BCUT2D eigenvalue weighted by atomic mass is 10.1. The maximum absolute atomic E-state index is 11.9. The predicted molar refractivity (Wildman–Crippen MR) is 93.2 cm³/mol. The fraction of sp³-hybridized carbons (Fsp3) is 0.176. The molecule has 0 radical (unpaired) electrons. The molecule has 0 spiro atoms. The van der Waals surface area contributed by atoms with Gasteiger partial charge in [0, 0.05) is 17.8 Å². The van der Waals surface area contributed by atoms with Gasteiger partial charge in [-0.1, -0.05) is 11.6 Å². The van der Waals surface area contributed by atoms with Crippen molar-refractivity contribution in [3.63, 3.8) is 0 Å². The van der Waals surface area contributed by atoms with Crippen LogP contribution >= 0.6 is 11.6 Å². The number of nitrogens with two attached hydrogens (primary N) is 1. The van der Waals surface area contributed by atoms with E-state index in [9.17, 15) is 4.79 Å². The lowest BCUT2D eigenvalue weighted by molar-refractivity contribution is 0.0526. The summed E-state index contributed by atoms with van der Waals surface area (Å²) in [7, 11) is 0. The van der Waals surface area contributed by atoms with Crippen molar-refractivity contribution in [2.24, 2.45) is 0 Å². The van der Waals surface area contributed by atoms with E-state index in [1.807, 2.05) is 12.1 Å². The third kappa shape index (κ3) is 3.39. The van der Waals surface area contributed by atoms with Gasteiger partial charge in [-0.25, -0.2) is 4.79 Å². The van der Waals surface area contributed by atoms with Gasteiger partial charge in [0.05, 0.1) is 29.4 Å². The van der Waals surface area contributed by atoms with E-state index in [0.29, 0.717) is 22.8 Å². The standard InChI is InChI=1S/C17H14ClN5O2/c1-2-25-17(24)13-9-23(22-15(13)6-19)8-10-3-11-5-12(18)7-21-16(11)14(20)4-10/h3-5,7,9H,2,8,20H2,1H3. The average Bonchev–Trinajstić information content (AvgIpc) is 2.97. The first-order valence-electron chi connectivity index (χ1n) is 7.50. The van der Waals surface area contributed by atoms with Crippen LogP contribution in [0, 0.1) is 11.3 Å². The summed E-state index contributed by atoms with van der Waals surface area (Å²) < 4.78 is 6.44. The van der Waals surface area contributed by atoms with Crippen LogP contribution in [0.25, 0.3) is 10.9 Å². The highest BCUT2D eigenvalue weighted by atomic mass is 35.5. The zero-order valence-electron chi connectivity index (χ0n) is 13.4. The first kappa shape index (κ1) is 16.7. The van der Waals surface area contributed by atoms with Gasteiger partial charge in [-0.05, 0) is 30.7 Å². The number of carbonyl (C=O) groups excluding carboxylic acids is 1. The Morgan fingerprint density at radius 3 is 2.96 bits per heavy atom. The summed E-state index contributed by atoms with van der Waals surface area (Å²) in [6, 6.07) is 7.35. The Labute approximate surface area is 148 Å². The van der Waals surface area contributed by atoms with Gasteiger partial charge in [-0.3, -0.25) is 9.67 Å². The molecule has 2 N–H and O–H groups in total. The molecule has 0 fully saturated rings. The predicted octanol–water partition coefficient (Wildman–Crippen LogP) is 2.76. The summed E-state index contributed by atoms with van der Waals surface area (Å²) in [5.74, 6) is -0.570. The number of halogens is 1. The molecule has 0 saturated heterocycles. The van der Waals surface area contributed by atoms with Crippen LogP contribution in [0.2, 0.25) is 5.02 Å². The highest BCUT2D eigenvalue weighted by Crippen LogP contribution is 2.24. The highest BCUT2D eigenvalue weighted by molar-refractivity contribution is 6.31. The summed E-state index contributed by atoms with van der Waals surface area (Å²) in [6.45, 7) is 2.26. The first-order valence-corrected chi connectivity index (χ1v) is 7.88. The summed E-state index contributed by atoms with van der Waals surface area (Å²) in [6.07, 6.45) is 3.03. The maximum Gasteiger partial charge on any atom is 0.342 e. The molecule has 2 aromatic heterocycles. The van der Waals surface area contributed by atoms with Crippen LogP contribution in [0.5, 0.6) is 0 Å². The maximum atomic E-state index is 11.9. The zero-order chi connectivity index (χ0) is 18.0. The van der Waals surface area contributed by atoms with Gasteiger partial charge in [0.25, 0.3) is 0 Å². The minimum Gasteiger partial charge on any atom is -0.462 e.